The fourth-order valence-electron chi connectivity index (χ4n) is 3.23. The van der Waals surface area contributed by atoms with Gasteiger partial charge in [0.15, 0.2) is 11.0 Å². The van der Waals surface area contributed by atoms with Crippen molar-refractivity contribution in [3.8, 4) is 17.0 Å². The van der Waals surface area contributed by atoms with Crippen molar-refractivity contribution in [1.82, 2.24) is 15.0 Å². The third kappa shape index (κ3) is 4.02. The van der Waals surface area contributed by atoms with E-state index in [1.807, 2.05) is 0 Å². The topological polar surface area (TPSA) is 123 Å². The molecule has 2 aromatic carbocycles. The summed E-state index contributed by atoms with van der Waals surface area (Å²) in [6, 6.07) is 7.80. The third-order valence-electron chi connectivity index (χ3n) is 4.69. The molecule has 164 valence electrons. The lowest BCUT2D eigenvalue weighted by atomic mass is 10.0. The van der Waals surface area contributed by atoms with Gasteiger partial charge in [-0.1, -0.05) is 0 Å². The number of rotatable bonds is 5. The summed E-state index contributed by atoms with van der Waals surface area (Å²) in [4.78, 5) is 23.0. The number of hydrogen-bond donors (Lipinski definition) is 3. The van der Waals surface area contributed by atoms with Crippen LogP contribution < -0.4 is 20.8 Å². The number of halogens is 2. The number of fused-ring (bicyclic) bond motifs is 1. The van der Waals surface area contributed by atoms with Crippen molar-refractivity contribution >= 4 is 33.5 Å². The van der Waals surface area contributed by atoms with E-state index in [0.717, 1.165) is 17.7 Å². The van der Waals surface area contributed by atoms with Gasteiger partial charge in [-0.15, -0.1) is 0 Å². The summed E-state index contributed by atoms with van der Waals surface area (Å²) in [6.07, 6.45) is 1.52. The fraction of sp³-hybridized carbons (Fsp3) is 0.0952. The molecule has 11 heteroatoms. The molecule has 2 aromatic heterocycles. The van der Waals surface area contributed by atoms with Crippen molar-refractivity contribution in [3.63, 3.8) is 0 Å². The number of aromatic nitrogens is 3. The zero-order valence-corrected chi connectivity index (χ0v) is 17.7. The smallest absolute Gasteiger partial charge is 0.260 e. The second-order valence-corrected chi connectivity index (χ2v) is 8.05. The second kappa shape index (κ2) is 8.35. The standard InChI is InChI=1S/C21H17F2N5O3S/c1-10-5-11(6-14-18(10)26-21(24)27-19(14)29)12-7-16(20(31-2)25-9-12)28-32(30)17-4-3-13(22)8-15(17)23/h3-9,28H,1-2H3,(H3,24,26,27,29). The number of pyridine rings is 1. The lowest BCUT2D eigenvalue weighted by molar-refractivity contribution is 0.400. The van der Waals surface area contributed by atoms with E-state index in [2.05, 4.69) is 19.7 Å². The average molecular weight is 457 g/mol. The van der Waals surface area contributed by atoms with E-state index in [9.17, 15) is 17.8 Å². The number of anilines is 2. The number of H-pyrrole nitrogens is 1. The highest BCUT2D eigenvalue weighted by atomic mass is 32.2. The summed E-state index contributed by atoms with van der Waals surface area (Å²) < 4.78 is 47.7. The number of aromatic amines is 1. The number of ether oxygens (including phenoxy) is 1. The number of nitrogens with zero attached hydrogens (tertiary/aromatic N) is 2. The normalized spacial score (nSPS) is 12.0. The molecule has 4 N–H and O–H groups in total. The van der Waals surface area contributed by atoms with Crippen molar-refractivity contribution < 1.29 is 17.7 Å². The van der Waals surface area contributed by atoms with Crippen LogP contribution in [0, 0.1) is 18.6 Å². The van der Waals surface area contributed by atoms with Gasteiger partial charge in [-0.3, -0.25) is 14.5 Å². The Bertz CT molecular complexity index is 1440. The minimum Gasteiger partial charge on any atom is -0.480 e. The molecule has 4 rings (SSSR count). The Morgan fingerprint density at radius 3 is 2.66 bits per heavy atom. The van der Waals surface area contributed by atoms with Crippen LogP contribution in [-0.2, 0) is 11.0 Å². The van der Waals surface area contributed by atoms with Crippen LogP contribution in [0.1, 0.15) is 5.56 Å². The lowest BCUT2D eigenvalue weighted by Gasteiger charge is -2.13. The first kappa shape index (κ1) is 21.4. The Balaban J connectivity index is 1.77. The molecule has 0 aliphatic carbocycles. The molecular formula is C21H17F2N5O3S. The van der Waals surface area contributed by atoms with Crippen LogP contribution >= 0.6 is 0 Å². The second-order valence-electron chi connectivity index (χ2n) is 6.87. The van der Waals surface area contributed by atoms with Gasteiger partial charge in [-0.2, -0.15) is 0 Å². The molecule has 32 heavy (non-hydrogen) atoms. The molecule has 0 saturated heterocycles. The van der Waals surface area contributed by atoms with E-state index < -0.39 is 22.6 Å². The number of benzene rings is 2. The van der Waals surface area contributed by atoms with Crippen molar-refractivity contribution in [2.75, 3.05) is 17.6 Å². The summed E-state index contributed by atoms with van der Waals surface area (Å²) in [5, 5.41) is 0.344. The maximum absolute atomic E-state index is 14.0. The highest BCUT2D eigenvalue weighted by Gasteiger charge is 2.16. The lowest BCUT2D eigenvalue weighted by Crippen LogP contribution is -2.12. The monoisotopic (exact) mass is 457 g/mol. The minimum atomic E-state index is -2.05. The molecule has 0 saturated carbocycles. The summed E-state index contributed by atoms with van der Waals surface area (Å²) >= 11 is 0. The molecule has 0 amide bonds. The first-order chi connectivity index (χ1) is 15.3. The van der Waals surface area contributed by atoms with Gasteiger partial charge in [0, 0.05) is 17.8 Å². The zero-order valence-electron chi connectivity index (χ0n) is 16.9. The van der Waals surface area contributed by atoms with E-state index in [1.165, 1.54) is 13.3 Å². The molecular weight excluding hydrogens is 440 g/mol. The van der Waals surface area contributed by atoms with E-state index in [0.29, 0.717) is 28.1 Å². The highest BCUT2D eigenvalue weighted by molar-refractivity contribution is 7.86. The number of hydrogen-bond acceptors (Lipinski definition) is 6. The maximum Gasteiger partial charge on any atom is 0.260 e. The Kier molecular flexibility index (Phi) is 5.57. The van der Waals surface area contributed by atoms with Crippen LogP contribution in [0.15, 0.2) is 52.3 Å². The van der Waals surface area contributed by atoms with Crippen LogP contribution in [0.3, 0.4) is 0 Å². The zero-order chi connectivity index (χ0) is 23.0. The van der Waals surface area contributed by atoms with Crippen molar-refractivity contribution in [2.45, 2.75) is 11.8 Å². The van der Waals surface area contributed by atoms with Crippen molar-refractivity contribution in [2.24, 2.45) is 0 Å². The summed E-state index contributed by atoms with van der Waals surface area (Å²) in [7, 11) is -0.675. The van der Waals surface area contributed by atoms with Crippen LogP contribution in [0.25, 0.3) is 22.0 Å². The predicted molar refractivity (Wildman–Crippen MR) is 118 cm³/mol. The van der Waals surface area contributed by atoms with E-state index in [4.69, 9.17) is 10.5 Å². The van der Waals surface area contributed by atoms with E-state index in [-0.39, 0.29) is 28.0 Å². The van der Waals surface area contributed by atoms with Crippen LogP contribution in [0.5, 0.6) is 5.88 Å². The average Bonchev–Trinajstić information content (AvgIpc) is 2.74. The van der Waals surface area contributed by atoms with Crippen molar-refractivity contribution in [1.29, 1.82) is 0 Å². The van der Waals surface area contributed by atoms with Gasteiger partial charge in [0.1, 0.15) is 17.3 Å². The number of nitrogens with one attached hydrogen (secondary N) is 2. The van der Waals surface area contributed by atoms with Gasteiger partial charge in [-0.25, -0.2) is 23.0 Å². The van der Waals surface area contributed by atoms with Crippen molar-refractivity contribution in [3.05, 3.63) is 70.1 Å². The molecule has 1 atom stereocenters. The van der Waals surface area contributed by atoms with E-state index in [1.54, 1.807) is 25.1 Å². The fourth-order valence-corrected chi connectivity index (χ4v) is 4.11. The SMILES string of the molecule is COc1ncc(-c2cc(C)c3nc(N)[nH]c(=O)c3c2)cc1NS(=O)c1ccc(F)cc1F. The van der Waals surface area contributed by atoms with Crippen LogP contribution in [0.4, 0.5) is 20.4 Å². The molecule has 0 aliphatic rings. The largest absolute Gasteiger partial charge is 0.480 e. The predicted octanol–water partition coefficient (Wildman–Crippen LogP) is 3.30. The van der Waals surface area contributed by atoms with E-state index >= 15 is 0 Å². The summed E-state index contributed by atoms with van der Waals surface area (Å²) in [5.74, 6) is -1.58. The summed E-state index contributed by atoms with van der Waals surface area (Å²) in [5.41, 5.74) is 7.88. The van der Waals surface area contributed by atoms with Gasteiger partial charge in [0.25, 0.3) is 5.56 Å². The Labute approximate surface area is 183 Å². The first-order valence-electron chi connectivity index (χ1n) is 9.25. The maximum atomic E-state index is 14.0. The molecule has 0 fully saturated rings. The number of nitrogen functional groups attached to an aromatic ring is 1. The molecule has 8 nitrogen and oxygen atoms in total. The Morgan fingerprint density at radius 1 is 1.16 bits per heavy atom. The van der Waals surface area contributed by atoms with Crippen LogP contribution in [0.2, 0.25) is 0 Å². The Hall–Kier alpha value is -3.86. The van der Waals surface area contributed by atoms with Gasteiger partial charge in [0.05, 0.1) is 22.9 Å². The number of aryl methyl sites for hydroxylation is 1. The molecule has 0 bridgehead atoms. The number of methoxy groups -OCH3 is 1. The first-order valence-corrected chi connectivity index (χ1v) is 10.4. The number of nitrogens with two attached hydrogens (primary N) is 1. The minimum absolute atomic E-state index is 0.0199. The molecule has 4 aromatic rings. The molecule has 0 aliphatic heterocycles. The molecule has 2 heterocycles. The van der Waals surface area contributed by atoms with Gasteiger partial charge in [-0.05, 0) is 48.4 Å². The quantitative estimate of drug-likeness (QED) is 0.423. The Morgan fingerprint density at radius 2 is 1.94 bits per heavy atom. The van der Waals surface area contributed by atoms with Gasteiger partial charge >= 0.3 is 0 Å². The third-order valence-corrected chi connectivity index (χ3v) is 5.83. The van der Waals surface area contributed by atoms with Crippen LogP contribution in [-0.4, -0.2) is 26.3 Å². The highest BCUT2D eigenvalue weighted by Crippen LogP contribution is 2.31. The van der Waals surface area contributed by atoms with Gasteiger partial charge in [0.2, 0.25) is 11.8 Å². The molecule has 0 radical (unpaired) electrons. The van der Waals surface area contributed by atoms with Gasteiger partial charge < -0.3 is 10.5 Å². The summed E-state index contributed by atoms with van der Waals surface area (Å²) in [6.45, 7) is 1.79. The molecule has 1 unspecified atom stereocenters. The molecule has 0 spiro atoms.